The highest BCUT2D eigenvalue weighted by Gasteiger charge is 2.08. The molecule has 0 aliphatic carbocycles. The van der Waals surface area contributed by atoms with E-state index in [-0.39, 0.29) is 0 Å². The van der Waals surface area contributed by atoms with Crippen LogP contribution in [0.4, 0.5) is 5.69 Å². The number of rotatable bonds is 5. The molecule has 0 aromatic heterocycles. The number of hydrogen-bond acceptors (Lipinski definition) is 3. The van der Waals surface area contributed by atoms with Gasteiger partial charge in [0.1, 0.15) is 6.07 Å². The molecule has 4 heteroatoms. The monoisotopic (exact) mass is 346 g/mol. The lowest BCUT2D eigenvalue weighted by Gasteiger charge is -2.12. The van der Waals surface area contributed by atoms with E-state index >= 15 is 0 Å². The molecule has 1 N–H and O–H groups in total. The molecule has 0 atom stereocenters. The summed E-state index contributed by atoms with van der Waals surface area (Å²) in [6, 6.07) is 16.3. The summed E-state index contributed by atoms with van der Waals surface area (Å²) < 4.78 is 1.07. The van der Waals surface area contributed by atoms with Gasteiger partial charge in [-0.25, -0.2) is 0 Å². The molecular formula is C16H15BrN2S. The number of nitriles is 1. The highest BCUT2D eigenvalue weighted by molar-refractivity contribution is 9.10. The van der Waals surface area contributed by atoms with Crippen LogP contribution in [-0.2, 0) is 6.54 Å². The second-order valence-electron chi connectivity index (χ2n) is 4.17. The fourth-order valence-corrected chi connectivity index (χ4v) is 3.11. The molecule has 2 nitrogen and oxygen atoms in total. The van der Waals surface area contributed by atoms with Gasteiger partial charge < -0.3 is 5.32 Å². The number of halogens is 1. The lowest BCUT2D eigenvalue weighted by atomic mass is 10.1. The largest absolute Gasteiger partial charge is 0.380 e. The van der Waals surface area contributed by atoms with E-state index in [1.54, 1.807) is 11.8 Å². The van der Waals surface area contributed by atoms with Crippen molar-refractivity contribution in [1.82, 2.24) is 0 Å². The van der Waals surface area contributed by atoms with Crippen LogP contribution < -0.4 is 5.32 Å². The zero-order valence-electron chi connectivity index (χ0n) is 11.2. The van der Waals surface area contributed by atoms with Crippen LogP contribution in [0.3, 0.4) is 0 Å². The van der Waals surface area contributed by atoms with E-state index in [1.807, 2.05) is 36.4 Å². The molecule has 2 aromatic carbocycles. The predicted molar refractivity (Wildman–Crippen MR) is 89.0 cm³/mol. The van der Waals surface area contributed by atoms with Gasteiger partial charge in [0.05, 0.1) is 11.3 Å². The molecule has 102 valence electrons. The number of nitrogens with one attached hydrogen (secondary N) is 1. The third-order valence-electron chi connectivity index (χ3n) is 2.86. The first-order valence-electron chi connectivity index (χ1n) is 6.39. The Morgan fingerprint density at radius 2 is 2.00 bits per heavy atom. The van der Waals surface area contributed by atoms with Crippen molar-refractivity contribution >= 4 is 33.4 Å². The SMILES string of the molecule is CCSc1cccc(NCc2ccccc2Br)c1C#N. The Labute approximate surface area is 132 Å². The number of thioether (sulfide) groups is 1. The van der Waals surface area contributed by atoms with E-state index in [0.29, 0.717) is 6.54 Å². The van der Waals surface area contributed by atoms with Gasteiger partial charge in [-0.3, -0.25) is 0 Å². The molecule has 2 rings (SSSR count). The molecule has 0 bridgehead atoms. The Hall–Kier alpha value is -1.44. The zero-order valence-corrected chi connectivity index (χ0v) is 13.6. The second-order valence-corrected chi connectivity index (χ2v) is 6.33. The topological polar surface area (TPSA) is 35.8 Å². The van der Waals surface area contributed by atoms with Crippen LogP contribution in [0.2, 0.25) is 0 Å². The fraction of sp³-hybridized carbons (Fsp3) is 0.188. The van der Waals surface area contributed by atoms with Crippen LogP contribution in [0.5, 0.6) is 0 Å². The molecule has 0 heterocycles. The summed E-state index contributed by atoms with van der Waals surface area (Å²) >= 11 is 5.23. The molecule has 0 saturated heterocycles. The van der Waals surface area contributed by atoms with Gasteiger partial charge >= 0.3 is 0 Å². The van der Waals surface area contributed by atoms with Crippen molar-refractivity contribution in [3.8, 4) is 6.07 Å². The zero-order chi connectivity index (χ0) is 14.4. The normalized spacial score (nSPS) is 10.1. The Kier molecular flexibility index (Phi) is 5.51. The lowest BCUT2D eigenvalue weighted by molar-refractivity contribution is 1.13. The van der Waals surface area contributed by atoms with Gasteiger partial charge in [-0.1, -0.05) is 47.1 Å². The minimum Gasteiger partial charge on any atom is -0.380 e. The van der Waals surface area contributed by atoms with Crippen molar-refractivity contribution in [3.63, 3.8) is 0 Å². The Morgan fingerprint density at radius 1 is 1.20 bits per heavy atom. The third-order valence-corrected chi connectivity index (χ3v) is 4.58. The maximum atomic E-state index is 9.37. The predicted octanol–water partition coefficient (Wildman–Crippen LogP) is 5.04. The standard InChI is InChI=1S/C16H15BrN2S/c1-2-20-16-9-5-8-15(13(16)10-18)19-11-12-6-3-4-7-14(12)17/h3-9,19H,2,11H2,1H3. The molecule has 20 heavy (non-hydrogen) atoms. The quantitative estimate of drug-likeness (QED) is 0.770. The Morgan fingerprint density at radius 3 is 2.70 bits per heavy atom. The van der Waals surface area contributed by atoms with Crippen LogP contribution in [0.25, 0.3) is 0 Å². The van der Waals surface area contributed by atoms with Crippen molar-refractivity contribution in [2.24, 2.45) is 0 Å². The van der Waals surface area contributed by atoms with Gasteiger partial charge in [0, 0.05) is 15.9 Å². The first-order valence-corrected chi connectivity index (χ1v) is 8.17. The summed E-state index contributed by atoms with van der Waals surface area (Å²) in [5, 5.41) is 12.7. The first kappa shape index (κ1) is 15.0. The molecular weight excluding hydrogens is 332 g/mol. The van der Waals surface area contributed by atoms with E-state index in [9.17, 15) is 5.26 Å². The van der Waals surface area contributed by atoms with Crippen molar-refractivity contribution in [2.45, 2.75) is 18.4 Å². The minimum absolute atomic E-state index is 0.691. The maximum absolute atomic E-state index is 9.37. The smallest absolute Gasteiger partial charge is 0.102 e. The molecule has 0 aliphatic rings. The molecule has 0 unspecified atom stereocenters. The highest BCUT2D eigenvalue weighted by atomic mass is 79.9. The minimum atomic E-state index is 0.691. The van der Waals surface area contributed by atoms with Crippen molar-refractivity contribution in [1.29, 1.82) is 5.26 Å². The van der Waals surface area contributed by atoms with Gasteiger partial charge in [0.15, 0.2) is 0 Å². The summed E-state index contributed by atoms with van der Waals surface area (Å²) in [5.41, 5.74) is 2.79. The average molecular weight is 347 g/mol. The summed E-state index contributed by atoms with van der Waals surface area (Å²) in [5.74, 6) is 0.961. The highest BCUT2D eigenvalue weighted by Crippen LogP contribution is 2.28. The van der Waals surface area contributed by atoms with Gasteiger partial charge in [-0.15, -0.1) is 11.8 Å². The van der Waals surface area contributed by atoms with E-state index in [2.05, 4.69) is 40.3 Å². The maximum Gasteiger partial charge on any atom is 0.102 e. The van der Waals surface area contributed by atoms with E-state index in [1.165, 1.54) is 5.56 Å². The molecule has 0 spiro atoms. The molecule has 0 aliphatic heterocycles. The summed E-state index contributed by atoms with van der Waals surface area (Å²) in [4.78, 5) is 1.03. The molecule has 2 aromatic rings. The number of benzene rings is 2. The van der Waals surface area contributed by atoms with E-state index in [4.69, 9.17) is 0 Å². The third kappa shape index (κ3) is 3.56. The van der Waals surface area contributed by atoms with Gasteiger partial charge in [0.2, 0.25) is 0 Å². The second kappa shape index (κ2) is 7.37. The summed E-state index contributed by atoms with van der Waals surface area (Å²) in [7, 11) is 0. The van der Waals surface area contributed by atoms with Crippen LogP contribution in [-0.4, -0.2) is 5.75 Å². The first-order chi connectivity index (χ1) is 9.76. The van der Waals surface area contributed by atoms with Gasteiger partial charge in [0.25, 0.3) is 0 Å². The molecule has 0 radical (unpaired) electrons. The van der Waals surface area contributed by atoms with E-state index in [0.717, 1.165) is 26.4 Å². The van der Waals surface area contributed by atoms with Crippen LogP contribution >= 0.6 is 27.7 Å². The molecule has 0 saturated carbocycles. The fourth-order valence-electron chi connectivity index (χ4n) is 1.90. The van der Waals surface area contributed by atoms with Gasteiger partial charge in [-0.2, -0.15) is 5.26 Å². The Bertz CT molecular complexity index is 635. The van der Waals surface area contributed by atoms with Crippen molar-refractivity contribution in [2.75, 3.05) is 11.1 Å². The van der Waals surface area contributed by atoms with Crippen LogP contribution in [0.15, 0.2) is 51.8 Å². The molecule has 0 amide bonds. The van der Waals surface area contributed by atoms with Crippen LogP contribution in [0, 0.1) is 11.3 Å². The molecule has 0 fully saturated rings. The van der Waals surface area contributed by atoms with Crippen LogP contribution in [0.1, 0.15) is 18.1 Å². The number of hydrogen-bond donors (Lipinski definition) is 1. The Balaban J connectivity index is 2.20. The van der Waals surface area contributed by atoms with E-state index < -0.39 is 0 Å². The average Bonchev–Trinajstić information content (AvgIpc) is 2.47. The number of nitrogens with zero attached hydrogens (tertiary/aromatic N) is 1. The van der Waals surface area contributed by atoms with Crippen molar-refractivity contribution in [3.05, 3.63) is 58.1 Å². The van der Waals surface area contributed by atoms with Gasteiger partial charge in [-0.05, 0) is 29.5 Å². The lowest BCUT2D eigenvalue weighted by Crippen LogP contribution is -2.02. The summed E-state index contributed by atoms with van der Waals surface area (Å²) in [6.45, 7) is 2.78. The van der Waals surface area contributed by atoms with Crippen molar-refractivity contribution < 1.29 is 0 Å². The number of anilines is 1. The summed E-state index contributed by atoms with van der Waals surface area (Å²) in [6.07, 6.45) is 0.